The van der Waals surface area contributed by atoms with Gasteiger partial charge in [0.2, 0.25) is 5.91 Å². The third-order valence-electron chi connectivity index (χ3n) is 6.57. The highest BCUT2D eigenvalue weighted by Gasteiger charge is 2.41. The lowest BCUT2D eigenvalue weighted by Crippen LogP contribution is -2.38. The summed E-state index contributed by atoms with van der Waals surface area (Å²) in [6.07, 6.45) is 0.785. The highest BCUT2D eigenvalue weighted by Crippen LogP contribution is 2.45. The Morgan fingerprint density at radius 3 is 2.36 bits per heavy atom. The molecule has 7 heteroatoms. The number of nitrogens with one attached hydrogen (secondary N) is 1. The van der Waals surface area contributed by atoms with Crippen molar-refractivity contribution < 1.29 is 14.3 Å². The summed E-state index contributed by atoms with van der Waals surface area (Å²) in [5.74, 6) is -0.0818. The molecule has 1 N–H and O–H groups in total. The maximum Gasteiger partial charge on any atom is 0.338 e. The highest BCUT2D eigenvalue weighted by molar-refractivity contribution is 8.16. The van der Waals surface area contributed by atoms with E-state index in [0.29, 0.717) is 17.9 Å². The van der Waals surface area contributed by atoms with Crippen molar-refractivity contribution in [2.75, 3.05) is 7.11 Å². The Balaban J connectivity index is 1.65. The monoisotopic (exact) mass is 503 g/mol. The Hall–Kier alpha value is -3.32. The summed E-state index contributed by atoms with van der Waals surface area (Å²) in [6, 6.07) is 17.7. The highest BCUT2D eigenvalue weighted by atomic mass is 32.2. The van der Waals surface area contributed by atoms with Gasteiger partial charge in [-0.1, -0.05) is 87.1 Å². The van der Waals surface area contributed by atoms with Crippen LogP contribution in [0.3, 0.4) is 0 Å². The first-order valence-corrected chi connectivity index (χ1v) is 13.2. The first-order valence-electron chi connectivity index (χ1n) is 12.3. The van der Waals surface area contributed by atoms with E-state index < -0.39 is 12.0 Å². The van der Waals surface area contributed by atoms with Gasteiger partial charge in [0, 0.05) is 5.70 Å². The average molecular weight is 504 g/mol. The van der Waals surface area contributed by atoms with Gasteiger partial charge in [0.15, 0.2) is 5.17 Å². The molecule has 2 aromatic carbocycles. The van der Waals surface area contributed by atoms with E-state index in [1.807, 2.05) is 54.5 Å². The Labute approximate surface area is 217 Å². The lowest BCUT2D eigenvalue weighted by atomic mass is 9.91. The van der Waals surface area contributed by atoms with Crippen LogP contribution < -0.4 is 5.32 Å². The Morgan fingerprint density at radius 2 is 1.75 bits per heavy atom. The molecule has 0 saturated carbocycles. The fourth-order valence-electron chi connectivity index (χ4n) is 4.57. The molecule has 0 spiro atoms. The maximum absolute atomic E-state index is 13.1. The van der Waals surface area contributed by atoms with Crippen LogP contribution in [0.25, 0.3) is 0 Å². The summed E-state index contributed by atoms with van der Waals surface area (Å²) in [5, 5.41) is 5.84. The second kappa shape index (κ2) is 11.2. The number of hydrogen-bond acceptors (Lipinski definition) is 6. The van der Waals surface area contributed by atoms with E-state index >= 15 is 0 Å². The van der Waals surface area contributed by atoms with E-state index in [4.69, 9.17) is 9.73 Å². The number of nitrogens with zero attached hydrogens (tertiary/aromatic N) is 2. The number of amides is 1. The first kappa shape index (κ1) is 25.8. The number of amidine groups is 1. The minimum Gasteiger partial charge on any atom is -0.466 e. The number of aliphatic imine (C=N–C) groups is 1. The summed E-state index contributed by atoms with van der Waals surface area (Å²) in [7, 11) is 1.40. The number of rotatable bonds is 8. The van der Waals surface area contributed by atoms with Crippen LogP contribution in [0.1, 0.15) is 75.2 Å². The Kier molecular flexibility index (Phi) is 7.99. The van der Waals surface area contributed by atoms with Crippen LogP contribution >= 0.6 is 11.8 Å². The molecule has 188 valence electrons. The molecule has 0 aliphatic carbocycles. The largest absolute Gasteiger partial charge is 0.466 e. The van der Waals surface area contributed by atoms with Crippen LogP contribution in [0, 0.1) is 0 Å². The summed E-state index contributed by atoms with van der Waals surface area (Å²) in [4.78, 5) is 32.9. The second-order valence-electron chi connectivity index (χ2n) is 9.30. The maximum atomic E-state index is 13.1. The van der Waals surface area contributed by atoms with Gasteiger partial charge in [0.25, 0.3) is 0 Å². The molecule has 6 nitrogen and oxygen atoms in total. The number of benzene rings is 2. The summed E-state index contributed by atoms with van der Waals surface area (Å²) in [6.45, 7) is 8.28. The average Bonchev–Trinajstić information content (AvgIpc) is 3.29. The molecule has 2 atom stereocenters. The number of allylic oxidation sites excluding steroid dienone is 1. The molecule has 0 bridgehead atoms. The SMILES string of the molecule is CCC1=C(C(=O)OC)[C@H](c2ccc(C(C)C)cc2)N2C(CC(=O)N[C@H](C)c3ccccc3)=CSC2=N1. The molecule has 2 aliphatic heterocycles. The van der Waals surface area contributed by atoms with Crippen molar-refractivity contribution in [3.8, 4) is 0 Å². The van der Waals surface area contributed by atoms with Crippen molar-refractivity contribution in [1.82, 2.24) is 10.2 Å². The number of ether oxygens (including phenoxy) is 1. The van der Waals surface area contributed by atoms with Gasteiger partial charge < -0.3 is 15.0 Å². The van der Waals surface area contributed by atoms with E-state index in [-0.39, 0.29) is 18.4 Å². The molecular weight excluding hydrogens is 470 g/mol. The third-order valence-corrected chi connectivity index (χ3v) is 7.46. The van der Waals surface area contributed by atoms with E-state index in [1.54, 1.807) is 0 Å². The summed E-state index contributed by atoms with van der Waals surface area (Å²) in [5.41, 5.74) is 5.29. The smallest absolute Gasteiger partial charge is 0.338 e. The van der Waals surface area contributed by atoms with Gasteiger partial charge in [-0.05, 0) is 41.4 Å². The zero-order valence-electron chi connectivity index (χ0n) is 21.4. The van der Waals surface area contributed by atoms with Crippen LogP contribution in [0.15, 0.2) is 82.0 Å². The van der Waals surface area contributed by atoms with Crippen molar-refractivity contribution in [1.29, 1.82) is 0 Å². The molecular formula is C29H33N3O3S. The topological polar surface area (TPSA) is 71.0 Å². The van der Waals surface area contributed by atoms with E-state index in [2.05, 4.69) is 43.4 Å². The van der Waals surface area contributed by atoms with Crippen molar-refractivity contribution in [2.45, 2.75) is 58.5 Å². The first-order chi connectivity index (χ1) is 17.3. The molecule has 0 aromatic heterocycles. The zero-order valence-corrected chi connectivity index (χ0v) is 22.3. The standard InChI is InChI=1S/C29H33N3O3S/c1-6-24-26(28(34)35-5)27(22-14-12-20(13-15-22)18(2)3)32-23(17-36-29(32)31-24)16-25(33)30-19(4)21-10-8-7-9-11-21/h7-15,17-19,27H,6,16H2,1-5H3,(H,30,33)/t19-,27+/m1/s1. The number of hydrogen-bond donors (Lipinski definition) is 1. The van der Waals surface area contributed by atoms with Gasteiger partial charge in [-0.25, -0.2) is 9.79 Å². The lowest BCUT2D eigenvalue weighted by molar-refractivity contribution is -0.136. The summed E-state index contributed by atoms with van der Waals surface area (Å²) >= 11 is 1.49. The van der Waals surface area contributed by atoms with Crippen LogP contribution in [0.2, 0.25) is 0 Å². The van der Waals surface area contributed by atoms with Crippen molar-refractivity contribution >= 4 is 28.8 Å². The van der Waals surface area contributed by atoms with Crippen LogP contribution in [0.5, 0.6) is 0 Å². The minimum atomic E-state index is -0.415. The number of esters is 1. The summed E-state index contributed by atoms with van der Waals surface area (Å²) < 4.78 is 5.20. The molecule has 2 heterocycles. The predicted molar refractivity (Wildman–Crippen MR) is 145 cm³/mol. The van der Waals surface area contributed by atoms with Gasteiger partial charge in [0.05, 0.1) is 36.9 Å². The second-order valence-corrected chi connectivity index (χ2v) is 10.1. The number of methoxy groups -OCH3 is 1. The van der Waals surface area contributed by atoms with Crippen molar-refractivity contribution in [3.05, 3.63) is 93.7 Å². The molecule has 1 amide bonds. The zero-order chi connectivity index (χ0) is 25.8. The number of carbonyl (C=O) groups is 2. The van der Waals surface area contributed by atoms with Gasteiger partial charge in [-0.15, -0.1) is 0 Å². The lowest BCUT2D eigenvalue weighted by Gasteiger charge is -2.36. The number of fused-ring (bicyclic) bond motifs is 1. The van der Waals surface area contributed by atoms with Gasteiger partial charge in [0.1, 0.15) is 0 Å². The number of carbonyl (C=O) groups excluding carboxylic acids is 2. The van der Waals surface area contributed by atoms with Crippen LogP contribution in [0.4, 0.5) is 0 Å². The van der Waals surface area contributed by atoms with Crippen molar-refractivity contribution in [2.24, 2.45) is 4.99 Å². The molecule has 0 saturated heterocycles. The fraction of sp³-hybridized carbons (Fsp3) is 0.345. The molecule has 4 rings (SSSR count). The molecule has 0 radical (unpaired) electrons. The van der Waals surface area contributed by atoms with Crippen LogP contribution in [-0.4, -0.2) is 29.1 Å². The van der Waals surface area contributed by atoms with Crippen molar-refractivity contribution in [3.63, 3.8) is 0 Å². The van der Waals surface area contributed by atoms with Gasteiger partial charge in [-0.3, -0.25) is 4.79 Å². The molecule has 0 fully saturated rings. The molecule has 0 unspecified atom stereocenters. The Bertz CT molecular complexity index is 1220. The van der Waals surface area contributed by atoms with E-state index in [1.165, 1.54) is 24.4 Å². The van der Waals surface area contributed by atoms with Gasteiger partial charge >= 0.3 is 5.97 Å². The minimum absolute atomic E-state index is 0.0850. The van der Waals surface area contributed by atoms with Crippen LogP contribution in [-0.2, 0) is 14.3 Å². The molecule has 2 aromatic rings. The van der Waals surface area contributed by atoms with E-state index in [9.17, 15) is 9.59 Å². The normalized spacial score (nSPS) is 17.9. The van der Waals surface area contributed by atoms with E-state index in [0.717, 1.165) is 27.7 Å². The fourth-order valence-corrected chi connectivity index (χ4v) is 5.51. The molecule has 36 heavy (non-hydrogen) atoms. The predicted octanol–water partition coefficient (Wildman–Crippen LogP) is 6.22. The third kappa shape index (κ3) is 5.26. The molecule has 2 aliphatic rings. The quantitative estimate of drug-likeness (QED) is 0.433. The Morgan fingerprint density at radius 1 is 1.06 bits per heavy atom. The van der Waals surface area contributed by atoms with Gasteiger partial charge in [-0.2, -0.15) is 0 Å². The number of thioether (sulfide) groups is 1.